The third-order valence-electron chi connectivity index (χ3n) is 1.03. The van der Waals surface area contributed by atoms with Crippen LogP contribution in [0.3, 0.4) is 0 Å². The molecule has 72 valence electrons. The van der Waals surface area contributed by atoms with Gasteiger partial charge in [0.1, 0.15) is 6.61 Å². The Morgan fingerprint density at radius 3 is 2.33 bits per heavy atom. The molecule has 0 spiro atoms. The summed E-state index contributed by atoms with van der Waals surface area (Å²) in [4.78, 5) is 10.5. The van der Waals surface area contributed by atoms with E-state index < -0.39 is 24.9 Å². The third kappa shape index (κ3) is 4.95. The molecule has 3 nitrogen and oxygen atoms in total. The highest BCUT2D eigenvalue weighted by molar-refractivity contribution is 5.73. The molecule has 0 bridgehead atoms. The molecule has 0 amide bonds. The van der Waals surface area contributed by atoms with E-state index in [-0.39, 0.29) is 0 Å². The molecule has 0 rings (SSSR count). The first-order chi connectivity index (χ1) is 5.37. The van der Waals surface area contributed by atoms with Crippen molar-refractivity contribution >= 4 is 5.97 Å². The van der Waals surface area contributed by atoms with Gasteiger partial charge in [-0.15, -0.1) is 0 Å². The minimum absolute atomic E-state index is 0.820. The molecule has 0 unspecified atom stereocenters. The van der Waals surface area contributed by atoms with Gasteiger partial charge in [-0.3, -0.25) is 0 Å². The van der Waals surface area contributed by atoms with Crippen LogP contribution in [-0.4, -0.2) is 32.0 Å². The van der Waals surface area contributed by atoms with Crippen molar-refractivity contribution in [2.75, 3.05) is 13.7 Å². The number of rotatable bonds is 3. The van der Waals surface area contributed by atoms with Crippen LogP contribution in [0.1, 0.15) is 6.92 Å². The Morgan fingerprint density at radius 1 is 1.50 bits per heavy atom. The second-order valence-electron chi connectivity index (χ2n) is 2.09. The van der Waals surface area contributed by atoms with Gasteiger partial charge in [-0.2, -0.15) is 13.2 Å². The fraction of sp³-hybridized carbons (Fsp3) is 0.833. The molecular weight excluding hydrogens is 177 g/mol. The molecule has 0 heterocycles. The lowest BCUT2D eigenvalue weighted by Gasteiger charge is -2.11. The normalized spacial score (nSPS) is 14.1. The average Bonchev–Trinajstić information content (AvgIpc) is 1.97. The quantitative estimate of drug-likeness (QED) is 0.619. The maximum atomic E-state index is 11.5. The molecule has 0 aromatic heterocycles. The summed E-state index contributed by atoms with van der Waals surface area (Å²) in [5.74, 6) is -0.820. The molecule has 6 heteroatoms. The maximum Gasteiger partial charge on any atom is 0.411 e. The highest BCUT2D eigenvalue weighted by Crippen LogP contribution is 2.15. The molecule has 12 heavy (non-hydrogen) atoms. The number of carbonyl (C=O) groups is 1. The zero-order valence-electron chi connectivity index (χ0n) is 6.64. The summed E-state index contributed by atoms with van der Waals surface area (Å²) in [7, 11) is 1.08. The maximum absolute atomic E-state index is 11.5. The number of hydrogen-bond donors (Lipinski definition) is 0. The number of halogens is 3. The highest BCUT2D eigenvalue weighted by Gasteiger charge is 2.30. The lowest BCUT2D eigenvalue weighted by Crippen LogP contribution is -2.27. The second-order valence-corrected chi connectivity index (χ2v) is 2.09. The van der Waals surface area contributed by atoms with Gasteiger partial charge in [0, 0.05) is 0 Å². The first-order valence-electron chi connectivity index (χ1n) is 3.13. The third-order valence-corrected chi connectivity index (χ3v) is 1.03. The van der Waals surface area contributed by atoms with Gasteiger partial charge < -0.3 is 9.47 Å². The molecule has 0 aliphatic carbocycles. The van der Waals surface area contributed by atoms with Gasteiger partial charge in [-0.25, -0.2) is 4.79 Å². The summed E-state index contributed by atoms with van der Waals surface area (Å²) in [5, 5.41) is 0. The first kappa shape index (κ1) is 11.2. The lowest BCUT2D eigenvalue weighted by molar-refractivity contribution is -0.191. The van der Waals surface area contributed by atoms with Crippen molar-refractivity contribution < 1.29 is 27.4 Å². The molecule has 0 fully saturated rings. The van der Waals surface area contributed by atoms with Crippen LogP contribution < -0.4 is 0 Å². The first-order valence-corrected chi connectivity index (χ1v) is 3.13. The Labute approximate surface area is 67.4 Å². The fourth-order valence-electron chi connectivity index (χ4n) is 0.453. The van der Waals surface area contributed by atoms with Crippen molar-refractivity contribution in [3.8, 4) is 0 Å². The highest BCUT2D eigenvalue weighted by atomic mass is 19.4. The number of ether oxygens (including phenoxy) is 2. The van der Waals surface area contributed by atoms with Gasteiger partial charge in [0.05, 0.1) is 7.11 Å². The van der Waals surface area contributed by atoms with Crippen LogP contribution in [0.15, 0.2) is 0 Å². The van der Waals surface area contributed by atoms with Gasteiger partial charge in [-0.05, 0) is 6.92 Å². The van der Waals surface area contributed by atoms with E-state index in [0.29, 0.717) is 0 Å². The summed E-state index contributed by atoms with van der Waals surface area (Å²) in [6.45, 7) is -0.249. The van der Waals surface area contributed by atoms with E-state index >= 15 is 0 Å². The van der Waals surface area contributed by atoms with Gasteiger partial charge in [-0.1, -0.05) is 0 Å². The Kier molecular flexibility index (Phi) is 4.02. The number of carbonyl (C=O) groups excluding carboxylic acids is 1. The molecule has 0 N–H and O–H groups in total. The number of esters is 1. The molecule has 0 radical (unpaired) electrons. The fourth-order valence-corrected chi connectivity index (χ4v) is 0.453. The second kappa shape index (κ2) is 4.30. The number of alkyl halides is 3. The minimum atomic E-state index is -4.41. The van der Waals surface area contributed by atoms with E-state index in [2.05, 4.69) is 9.47 Å². The van der Waals surface area contributed by atoms with Crippen LogP contribution in [0.5, 0.6) is 0 Å². The molecule has 0 saturated heterocycles. The summed E-state index contributed by atoms with van der Waals surface area (Å²) < 4.78 is 42.8. The summed E-state index contributed by atoms with van der Waals surface area (Å²) >= 11 is 0. The molecule has 0 aromatic carbocycles. The largest absolute Gasteiger partial charge is 0.467 e. The van der Waals surface area contributed by atoms with Crippen molar-refractivity contribution in [3.05, 3.63) is 0 Å². The van der Waals surface area contributed by atoms with Gasteiger partial charge in [0.15, 0.2) is 6.10 Å². The van der Waals surface area contributed by atoms with Gasteiger partial charge in [0.2, 0.25) is 0 Å². The Balaban J connectivity index is 3.72. The molecule has 1 atom stereocenters. The summed E-state index contributed by atoms with van der Waals surface area (Å²) in [6, 6.07) is 0. The molecule has 0 aliphatic rings. The standard InChI is InChI=1S/C6H9F3O3/c1-4(5(10)11-2)12-3-6(7,8)9/h4H,3H2,1-2H3/t4-/m1/s1. The van der Waals surface area contributed by atoms with E-state index in [1.54, 1.807) is 0 Å². The smallest absolute Gasteiger partial charge is 0.411 e. The molecular formula is C6H9F3O3. The predicted octanol–water partition coefficient (Wildman–Crippen LogP) is 1.13. The summed E-state index contributed by atoms with van der Waals surface area (Å²) in [5.41, 5.74) is 0. The zero-order chi connectivity index (χ0) is 9.78. The van der Waals surface area contributed by atoms with Crippen LogP contribution >= 0.6 is 0 Å². The van der Waals surface area contributed by atoms with Crippen LogP contribution in [-0.2, 0) is 14.3 Å². The van der Waals surface area contributed by atoms with Crippen molar-refractivity contribution in [2.45, 2.75) is 19.2 Å². The van der Waals surface area contributed by atoms with Crippen LogP contribution in [0.2, 0.25) is 0 Å². The number of methoxy groups -OCH3 is 1. The Bertz CT molecular complexity index is 155. The van der Waals surface area contributed by atoms with E-state index in [9.17, 15) is 18.0 Å². The van der Waals surface area contributed by atoms with E-state index in [1.165, 1.54) is 6.92 Å². The van der Waals surface area contributed by atoms with Crippen molar-refractivity contribution in [1.29, 1.82) is 0 Å². The van der Waals surface area contributed by atoms with Crippen molar-refractivity contribution in [1.82, 2.24) is 0 Å². The van der Waals surface area contributed by atoms with Crippen molar-refractivity contribution in [3.63, 3.8) is 0 Å². The van der Waals surface area contributed by atoms with Crippen LogP contribution in [0.4, 0.5) is 13.2 Å². The average molecular weight is 186 g/mol. The molecule has 0 aromatic rings. The topological polar surface area (TPSA) is 35.5 Å². The minimum Gasteiger partial charge on any atom is -0.467 e. The van der Waals surface area contributed by atoms with Crippen LogP contribution in [0, 0.1) is 0 Å². The Hall–Kier alpha value is -0.780. The SMILES string of the molecule is COC(=O)[C@@H](C)OCC(F)(F)F. The molecule has 0 aliphatic heterocycles. The van der Waals surface area contributed by atoms with Crippen molar-refractivity contribution in [2.24, 2.45) is 0 Å². The van der Waals surface area contributed by atoms with Gasteiger partial charge >= 0.3 is 12.1 Å². The van der Waals surface area contributed by atoms with E-state index in [0.717, 1.165) is 7.11 Å². The lowest BCUT2D eigenvalue weighted by atomic mass is 10.4. The van der Waals surface area contributed by atoms with Crippen LogP contribution in [0.25, 0.3) is 0 Å². The van der Waals surface area contributed by atoms with E-state index in [4.69, 9.17) is 0 Å². The Morgan fingerprint density at radius 2 is 2.00 bits per heavy atom. The zero-order valence-corrected chi connectivity index (χ0v) is 6.64. The monoisotopic (exact) mass is 186 g/mol. The molecule has 0 saturated carbocycles. The summed E-state index contributed by atoms with van der Waals surface area (Å²) in [6.07, 6.45) is -5.60. The van der Waals surface area contributed by atoms with Gasteiger partial charge in [0.25, 0.3) is 0 Å². The number of hydrogen-bond acceptors (Lipinski definition) is 3. The van der Waals surface area contributed by atoms with E-state index in [1.807, 2.05) is 0 Å². The predicted molar refractivity (Wildman–Crippen MR) is 33.5 cm³/mol.